The number of hydrogen-bond acceptors (Lipinski definition) is 4. The van der Waals surface area contributed by atoms with E-state index in [1.54, 1.807) is 11.4 Å². The molecule has 7 heteroatoms. The van der Waals surface area contributed by atoms with Gasteiger partial charge in [0.2, 0.25) is 0 Å². The summed E-state index contributed by atoms with van der Waals surface area (Å²) in [5.41, 5.74) is 0. The second-order valence-electron chi connectivity index (χ2n) is 4.94. The molecule has 0 saturated carbocycles. The molecular weight excluding hydrogens is 266 g/mol. The van der Waals surface area contributed by atoms with Gasteiger partial charge in [-0.05, 0) is 31.7 Å². The maximum atomic E-state index is 11.9. The number of nitrogens with zero attached hydrogens (tertiary/aromatic N) is 1. The summed E-state index contributed by atoms with van der Waals surface area (Å²) in [5.74, 6) is 0.564. The molecule has 0 bridgehead atoms. The zero-order chi connectivity index (χ0) is 14.1. The molecule has 19 heavy (non-hydrogen) atoms. The minimum absolute atomic E-state index is 0.515. The molecule has 0 radical (unpaired) electrons. The topological polar surface area (TPSA) is 70.7 Å². The number of piperidine rings is 1. The van der Waals surface area contributed by atoms with Gasteiger partial charge in [-0.15, -0.1) is 0 Å². The second kappa shape index (κ2) is 8.86. The molecular formula is C12H27N3O3S. The van der Waals surface area contributed by atoms with Crippen molar-refractivity contribution in [2.75, 3.05) is 46.4 Å². The van der Waals surface area contributed by atoms with Crippen LogP contribution in [0, 0.1) is 5.92 Å². The Kier molecular flexibility index (Phi) is 7.86. The van der Waals surface area contributed by atoms with E-state index in [0.29, 0.717) is 32.2 Å². The molecule has 0 unspecified atom stereocenters. The highest BCUT2D eigenvalue weighted by atomic mass is 32.2. The maximum absolute atomic E-state index is 11.9. The summed E-state index contributed by atoms with van der Waals surface area (Å²) in [6, 6.07) is 0. The molecule has 1 rings (SSSR count). The van der Waals surface area contributed by atoms with Gasteiger partial charge in [-0.1, -0.05) is 6.92 Å². The molecule has 114 valence electrons. The van der Waals surface area contributed by atoms with E-state index in [1.165, 1.54) is 0 Å². The van der Waals surface area contributed by atoms with Crippen molar-refractivity contribution in [1.82, 2.24) is 14.3 Å². The van der Waals surface area contributed by atoms with E-state index in [0.717, 1.165) is 32.4 Å². The summed E-state index contributed by atoms with van der Waals surface area (Å²) >= 11 is 0. The van der Waals surface area contributed by atoms with Crippen LogP contribution >= 0.6 is 0 Å². The van der Waals surface area contributed by atoms with Gasteiger partial charge in [-0.3, -0.25) is 0 Å². The third-order valence-electron chi connectivity index (χ3n) is 3.36. The summed E-state index contributed by atoms with van der Waals surface area (Å²) in [4.78, 5) is 0. The first-order valence-corrected chi connectivity index (χ1v) is 8.48. The molecule has 1 saturated heterocycles. The van der Waals surface area contributed by atoms with E-state index < -0.39 is 10.2 Å². The van der Waals surface area contributed by atoms with Crippen LogP contribution in [0.3, 0.4) is 0 Å². The Hall–Kier alpha value is -0.210. The standard InChI is InChI=1S/C12H27N3O3S/c1-3-6-14-19(16,17)15-8-4-12(5-9-15)11-13-7-10-18-2/h12-14H,3-11H2,1-2H3. The average Bonchev–Trinajstić information content (AvgIpc) is 2.42. The van der Waals surface area contributed by atoms with Crippen LogP contribution < -0.4 is 10.0 Å². The van der Waals surface area contributed by atoms with Crippen LogP contribution in [0.15, 0.2) is 0 Å². The van der Waals surface area contributed by atoms with Crippen molar-refractivity contribution in [2.24, 2.45) is 5.92 Å². The van der Waals surface area contributed by atoms with Crippen LogP contribution in [-0.4, -0.2) is 59.2 Å². The fraction of sp³-hybridized carbons (Fsp3) is 1.00. The van der Waals surface area contributed by atoms with E-state index in [2.05, 4.69) is 10.0 Å². The van der Waals surface area contributed by atoms with Gasteiger partial charge in [-0.25, -0.2) is 4.72 Å². The van der Waals surface area contributed by atoms with Crippen LogP contribution in [-0.2, 0) is 14.9 Å². The largest absolute Gasteiger partial charge is 0.383 e. The summed E-state index contributed by atoms with van der Waals surface area (Å²) in [7, 11) is -1.57. The molecule has 0 amide bonds. The van der Waals surface area contributed by atoms with Crippen molar-refractivity contribution in [2.45, 2.75) is 26.2 Å². The minimum atomic E-state index is -3.26. The molecule has 0 aromatic carbocycles. The molecule has 1 aliphatic rings. The number of ether oxygens (including phenoxy) is 1. The van der Waals surface area contributed by atoms with E-state index in [4.69, 9.17) is 4.74 Å². The molecule has 0 aromatic rings. The lowest BCUT2D eigenvalue weighted by molar-refractivity contribution is 0.194. The van der Waals surface area contributed by atoms with Gasteiger partial charge in [0.1, 0.15) is 0 Å². The normalized spacial score (nSPS) is 18.8. The molecule has 1 heterocycles. The van der Waals surface area contributed by atoms with Crippen molar-refractivity contribution in [3.63, 3.8) is 0 Å². The van der Waals surface area contributed by atoms with Gasteiger partial charge in [0.15, 0.2) is 0 Å². The lowest BCUT2D eigenvalue weighted by Crippen LogP contribution is -2.46. The Morgan fingerprint density at radius 1 is 1.26 bits per heavy atom. The number of methoxy groups -OCH3 is 1. The smallest absolute Gasteiger partial charge is 0.279 e. The van der Waals surface area contributed by atoms with E-state index in [1.807, 2.05) is 6.92 Å². The molecule has 0 spiro atoms. The predicted molar refractivity (Wildman–Crippen MR) is 76.3 cm³/mol. The summed E-state index contributed by atoms with van der Waals surface area (Å²) in [6.45, 7) is 6.23. The maximum Gasteiger partial charge on any atom is 0.279 e. The number of nitrogens with one attached hydrogen (secondary N) is 2. The number of rotatable bonds is 9. The van der Waals surface area contributed by atoms with Gasteiger partial charge in [0.05, 0.1) is 6.61 Å². The van der Waals surface area contributed by atoms with Gasteiger partial charge >= 0.3 is 0 Å². The summed E-state index contributed by atoms with van der Waals surface area (Å²) in [5, 5.41) is 3.34. The van der Waals surface area contributed by atoms with E-state index in [-0.39, 0.29) is 0 Å². The second-order valence-corrected chi connectivity index (χ2v) is 6.69. The quantitative estimate of drug-likeness (QED) is 0.595. The van der Waals surface area contributed by atoms with Gasteiger partial charge in [-0.2, -0.15) is 12.7 Å². The lowest BCUT2D eigenvalue weighted by atomic mass is 9.98. The first-order chi connectivity index (χ1) is 9.10. The zero-order valence-electron chi connectivity index (χ0n) is 12.0. The van der Waals surface area contributed by atoms with Crippen molar-refractivity contribution < 1.29 is 13.2 Å². The molecule has 0 aromatic heterocycles. The van der Waals surface area contributed by atoms with Gasteiger partial charge in [0.25, 0.3) is 10.2 Å². The highest BCUT2D eigenvalue weighted by Gasteiger charge is 2.27. The monoisotopic (exact) mass is 293 g/mol. The van der Waals surface area contributed by atoms with E-state index in [9.17, 15) is 8.42 Å². The fourth-order valence-corrected chi connectivity index (χ4v) is 3.49. The Morgan fingerprint density at radius 2 is 1.95 bits per heavy atom. The van der Waals surface area contributed by atoms with Gasteiger partial charge < -0.3 is 10.1 Å². The molecule has 0 atom stereocenters. The highest BCUT2D eigenvalue weighted by molar-refractivity contribution is 7.87. The van der Waals surface area contributed by atoms with Crippen molar-refractivity contribution in [3.05, 3.63) is 0 Å². The molecule has 0 aliphatic carbocycles. The van der Waals surface area contributed by atoms with Crippen LogP contribution in [0.2, 0.25) is 0 Å². The van der Waals surface area contributed by atoms with Crippen LogP contribution in [0.4, 0.5) is 0 Å². The minimum Gasteiger partial charge on any atom is -0.383 e. The summed E-state index contributed by atoms with van der Waals surface area (Å²) in [6.07, 6.45) is 2.67. The Balaban J connectivity index is 2.24. The van der Waals surface area contributed by atoms with Gasteiger partial charge in [0, 0.05) is 33.3 Å². The third kappa shape index (κ3) is 6.18. The Morgan fingerprint density at radius 3 is 2.53 bits per heavy atom. The Labute approximate surface area is 117 Å². The molecule has 2 N–H and O–H groups in total. The lowest BCUT2D eigenvalue weighted by Gasteiger charge is -2.31. The Bertz CT molecular complexity index is 327. The molecule has 1 aliphatic heterocycles. The average molecular weight is 293 g/mol. The van der Waals surface area contributed by atoms with Crippen LogP contribution in [0.1, 0.15) is 26.2 Å². The first-order valence-electron chi connectivity index (χ1n) is 7.04. The van der Waals surface area contributed by atoms with Crippen molar-refractivity contribution in [3.8, 4) is 0 Å². The fourth-order valence-electron chi connectivity index (χ4n) is 2.16. The predicted octanol–water partition coefficient (Wildman–Crippen LogP) is 0.179. The third-order valence-corrected chi connectivity index (χ3v) is 4.98. The molecule has 1 fully saturated rings. The van der Waals surface area contributed by atoms with Crippen LogP contribution in [0.25, 0.3) is 0 Å². The highest BCUT2D eigenvalue weighted by Crippen LogP contribution is 2.18. The first kappa shape index (κ1) is 16.8. The number of hydrogen-bond donors (Lipinski definition) is 2. The van der Waals surface area contributed by atoms with Crippen molar-refractivity contribution in [1.29, 1.82) is 0 Å². The van der Waals surface area contributed by atoms with Crippen LogP contribution in [0.5, 0.6) is 0 Å². The summed E-state index contributed by atoms with van der Waals surface area (Å²) < 4.78 is 33.0. The zero-order valence-corrected chi connectivity index (χ0v) is 12.8. The SMILES string of the molecule is CCCNS(=O)(=O)N1CCC(CNCCOC)CC1. The van der Waals surface area contributed by atoms with Crippen molar-refractivity contribution >= 4 is 10.2 Å². The molecule has 6 nitrogen and oxygen atoms in total. The van der Waals surface area contributed by atoms with E-state index >= 15 is 0 Å².